The summed E-state index contributed by atoms with van der Waals surface area (Å²) in [7, 11) is -4.02. The van der Waals surface area contributed by atoms with Gasteiger partial charge in [0.25, 0.3) is 11.6 Å². The molecule has 12 heteroatoms. The van der Waals surface area contributed by atoms with Gasteiger partial charge in [0.2, 0.25) is 10.0 Å². The van der Waals surface area contributed by atoms with E-state index in [0.29, 0.717) is 28.8 Å². The molecule has 166 valence electrons. The Morgan fingerprint density at radius 1 is 1.19 bits per heavy atom. The number of nitrogens with zero attached hydrogens (tertiary/aromatic N) is 2. The van der Waals surface area contributed by atoms with Gasteiger partial charge in [0.05, 0.1) is 41.8 Å². The van der Waals surface area contributed by atoms with E-state index in [1.807, 2.05) is 0 Å². The first-order valence-electron chi connectivity index (χ1n) is 9.45. The number of anilines is 1. The van der Waals surface area contributed by atoms with Crippen LogP contribution in [-0.2, 0) is 14.8 Å². The molecule has 1 atom stereocenters. The lowest BCUT2D eigenvalue weighted by atomic mass is 10.2. The monoisotopic (exact) mass is 487 g/mol. The van der Waals surface area contributed by atoms with E-state index >= 15 is 0 Å². The zero-order valence-electron chi connectivity index (χ0n) is 16.5. The lowest BCUT2D eigenvalue weighted by Gasteiger charge is -2.34. The Morgan fingerprint density at radius 2 is 1.84 bits per heavy atom. The molecule has 2 aromatic carbocycles. The average Bonchev–Trinajstić information content (AvgIpc) is 2.75. The quantitative estimate of drug-likeness (QED) is 0.476. The first kappa shape index (κ1) is 23.4. The van der Waals surface area contributed by atoms with Gasteiger partial charge in [-0.2, -0.15) is 4.31 Å². The molecule has 1 fully saturated rings. The molecule has 0 bridgehead atoms. The number of rotatable bonds is 6. The molecule has 1 amide bonds. The minimum atomic E-state index is -4.02. The van der Waals surface area contributed by atoms with E-state index in [2.05, 4.69) is 5.32 Å². The van der Waals surface area contributed by atoms with Gasteiger partial charge in [-0.05, 0) is 31.2 Å². The summed E-state index contributed by atoms with van der Waals surface area (Å²) in [6, 6.07) is 9.57. The van der Waals surface area contributed by atoms with Crippen molar-refractivity contribution in [2.24, 2.45) is 0 Å². The zero-order valence-corrected chi connectivity index (χ0v) is 18.9. The predicted octanol–water partition coefficient (Wildman–Crippen LogP) is 1.82. The van der Waals surface area contributed by atoms with Crippen molar-refractivity contribution in [3.63, 3.8) is 0 Å². The lowest BCUT2D eigenvalue weighted by Crippen LogP contribution is -3.19. The average molecular weight is 488 g/mol. The van der Waals surface area contributed by atoms with E-state index in [9.17, 15) is 23.3 Å². The first-order valence-corrected chi connectivity index (χ1v) is 11.6. The van der Waals surface area contributed by atoms with Crippen LogP contribution in [-0.4, -0.2) is 55.8 Å². The Kier molecular flexibility index (Phi) is 7.17. The fourth-order valence-electron chi connectivity index (χ4n) is 3.43. The molecular weight excluding hydrogens is 467 g/mol. The summed E-state index contributed by atoms with van der Waals surface area (Å²) in [4.78, 5) is 23.7. The molecule has 0 radical (unpaired) electrons. The summed E-state index contributed by atoms with van der Waals surface area (Å²) in [5.74, 6) is -0.269. The van der Waals surface area contributed by atoms with Crippen molar-refractivity contribution in [1.29, 1.82) is 0 Å². The van der Waals surface area contributed by atoms with E-state index in [1.165, 1.54) is 28.6 Å². The molecule has 1 aliphatic rings. The molecule has 2 N–H and O–H groups in total. The second-order valence-electron chi connectivity index (χ2n) is 7.12. The molecule has 1 heterocycles. The Labute approximate surface area is 189 Å². The van der Waals surface area contributed by atoms with Crippen LogP contribution in [0.5, 0.6) is 0 Å². The third kappa shape index (κ3) is 5.16. The number of para-hydroxylation sites is 1. The molecule has 31 heavy (non-hydrogen) atoms. The van der Waals surface area contributed by atoms with Gasteiger partial charge in [-0.15, -0.1) is 0 Å². The number of amides is 1. The first-order chi connectivity index (χ1) is 14.6. The number of nitro benzene ring substituents is 1. The van der Waals surface area contributed by atoms with Crippen molar-refractivity contribution in [1.82, 2.24) is 4.31 Å². The number of carbonyl (C=O) groups is 1. The number of benzene rings is 2. The summed E-state index contributed by atoms with van der Waals surface area (Å²) in [5, 5.41) is 14.8. The van der Waals surface area contributed by atoms with Crippen LogP contribution in [0.4, 0.5) is 11.4 Å². The minimum absolute atomic E-state index is 0.138. The van der Waals surface area contributed by atoms with Crippen molar-refractivity contribution in [3.05, 3.63) is 62.6 Å². The molecule has 2 aromatic rings. The van der Waals surface area contributed by atoms with Crippen LogP contribution >= 0.6 is 23.2 Å². The largest absolute Gasteiger partial charge is 0.323 e. The molecule has 3 rings (SSSR count). The Morgan fingerprint density at radius 3 is 2.48 bits per heavy atom. The van der Waals surface area contributed by atoms with Crippen LogP contribution in [0, 0.1) is 10.1 Å². The number of sulfonamides is 1. The summed E-state index contributed by atoms with van der Waals surface area (Å²) in [5.41, 5.74) is -0.0496. The minimum Gasteiger partial charge on any atom is -0.323 e. The van der Waals surface area contributed by atoms with E-state index in [1.54, 1.807) is 25.1 Å². The van der Waals surface area contributed by atoms with E-state index in [4.69, 9.17) is 23.2 Å². The molecular formula is C19H21Cl2N4O5S+. The van der Waals surface area contributed by atoms with E-state index in [0.717, 1.165) is 4.90 Å². The number of nitro groups is 1. The predicted molar refractivity (Wildman–Crippen MR) is 117 cm³/mol. The highest BCUT2D eigenvalue weighted by atomic mass is 35.5. The number of nitrogens with one attached hydrogen (secondary N) is 2. The summed E-state index contributed by atoms with van der Waals surface area (Å²) in [6.45, 7) is 2.77. The SMILES string of the molecule is C[C@@H](C(=O)Nc1cc(Cl)ccc1Cl)[NH+]1CCN(S(=O)(=O)c2ccccc2[N+](=O)[O-])CC1. The van der Waals surface area contributed by atoms with Crippen LogP contribution in [0.1, 0.15) is 6.92 Å². The maximum absolute atomic E-state index is 12.9. The van der Waals surface area contributed by atoms with Crippen molar-refractivity contribution in [2.75, 3.05) is 31.5 Å². The smallest absolute Gasteiger partial charge is 0.289 e. The number of halogens is 2. The fourth-order valence-corrected chi connectivity index (χ4v) is 5.37. The highest BCUT2D eigenvalue weighted by Crippen LogP contribution is 2.27. The van der Waals surface area contributed by atoms with Crippen LogP contribution in [0.3, 0.4) is 0 Å². The number of piperazine rings is 1. The highest BCUT2D eigenvalue weighted by Gasteiger charge is 2.37. The number of carbonyl (C=O) groups excluding carboxylic acids is 1. The number of hydrogen-bond acceptors (Lipinski definition) is 5. The Balaban J connectivity index is 1.67. The molecule has 1 aliphatic heterocycles. The van der Waals surface area contributed by atoms with Gasteiger partial charge in [-0.3, -0.25) is 14.9 Å². The maximum atomic E-state index is 12.9. The second kappa shape index (κ2) is 9.49. The maximum Gasteiger partial charge on any atom is 0.289 e. The standard InChI is InChI=1S/C19H20Cl2N4O5S/c1-13(19(26)22-16-12-14(20)6-7-15(16)21)23-8-10-24(11-9-23)31(29,30)18-5-3-2-4-17(18)25(27)28/h2-7,12-13H,8-11H2,1H3,(H,22,26)/p+1/t13-/m0/s1. The van der Waals surface area contributed by atoms with E-state index < -0.39 is 26.7 Å². The Bertz CT molecular complexity index is 1100. The molecule has 0 aromatic heterocycles. The van der Waals surface area contributed by atoms with Crippen LogP contribution < -0.4 is 10.2 Å². The molecule has 0 aliphatic carbocycles. The molecule has 0 saturated carbocycles. The third-order valence-electron chi connectivity index (χ3n) is 5.24. The number of hydrogen-bond donors (Lipinski definition) is 2. The normalized spacial score (nSPS) is 16.6. The van der Waals surface area contributed by atoms with Gasteiger partial charge < -0.3 is 10.2 Å². The third-order valence-corrected chi connectivity index (χ3v) is 7.75. The van der Waals surface area contributed by atoms with Gasteiger partial charge >= 0.3 is 0 Å². The van der Waals surface area contributed by atoms with Gasteiger partial charge in [0.15, 0.2) is 10.9 Å². The zero-order chi connectivity index (χ0) is 22.8. The topological polar surface area (TPSA) is 114 Å². The molecule has 0 unspecified atom stereocenters. The van der Waals surface area contributed by atoms with Crippen LogP contribution in [0.15, 0.2) is 47.4 Å². The van der Waals surface area contributed by atoms with Crippen molar-refractivity contribution >= 4 is 50.5 Å². The Hall–Kier alpha value is -2.24. The summed E-state index contributed by atoms with van der Waals surface area (Å²) in [6.07, 6.45) is 0. The number of quaternary nitrogens is 1. The molecule has 1 saturated heterocycles. The summed E-state index contributed by atoms with van der Waals surface area (Å²) < 4.78 is 27.1. The summed E-state index contributed by atoms with van der Waals surface area (Å²) >= 11 is 12.0. The van der Waals surface area contributed by atoms with Gasteiger partial charge in [0.1, 0.15) is 0 Å². The fraction of sp³-hybridized carbons (Fsp3) is 0.316. The van der Waals surface area contributed by atoms with Gasteiger partial charge in [-0.25, -0.2) is 8.42 Å². The molecule has 9 nitrogen and oxygen atoms in total. The van der Waals surface area contributed by atoms with E-state index in [-0.39, 0.29) is 23.9 Å². The highest BCUT2D eigenvalue weighted by molar-refractivity contribution is 7.89. The van der Waals surface area contributed by atoms with Crippen LogP contribution in [0.25, 0.3) is 0 Å². The van der Waals surface area contributed by atoms with Crippen LogP contribution in [0.2, 0.25) is 10.0 Å². The van der Waals surface area contributed by atoms with Crippen molar-refractivity contribution in [2.45, 2.75) is 17.9 Å². The van der Waals surface area contributed by atoms with Gasteiger partial charge in [-0.1, -0.05) is 35.3 Å². The lowest BCUT2D eigenvalue weighted by molar-refractivity contribution is -0.917. The molecule has 0 spiro atoms. The van der Waals surface area contributed by atoms with Gasteiger partial charge in [0, 0.05) is 11.1 Å². The van der Waals surface area contributed by atoms with Crippen molar-refractivity contribution < 1.29 is 23.0 Å². The second-order valence-corrected chi connectivity index (χ2v) is 9.87. The van der Waals surface area contributed by atoms with Crippen molar-refractivity contribution in [3.8, 4) is 0 Å².